The van der Waals surface area contributed by atoms with Gasteiger partial charge in [-0.15, -0.1) is 0 Å². The second-order valence-corrected chi connectivity index (χ2v) is 7.69. The zero-order chi connectivity index (χ0) is 22.0. The number of hydrogen-bond acceptors (Lipinski definition) is 4. The van der Waals surface area contributed by atoms with E-state index in [1.807, 2.05) is 0 Å². The van der Waals surface area contributed by atoms with Crippen LogP contribution in [0, 0.1) is 11.6 Å². The minimum absolute atomic E-state index is 0.127. The Kier molecular flexibility index (Phi) is 6.04. The molecule has 1 N–H and O–H groups in total. The summed E-state index contributed by atoms with van der Waals surface area (Å²) in [5, 5.41) is 10.9. The van der Waals surface area contributed by atoms with E-state index in [0.717, 1.165) is 6.42 Å². The number of likely N-dealkylation sites (N-methyl/N-ethyl adjacent to an activating group) is 1. The minimum Gasteiger partial charge on any atom is -0.488 e. The molecule has 0 aliphatic heterocycles. The fourth-order valence-electron chi connectivity index (χ4n) is 3.93. The molecular weight excluding hydrogens is 404 g/mol. The van der Waals surface area contributed by atoms with Gasteiger partial charge in [0.2, 0.25) is 0 Å². The number of furan rings is 1. The van der Waals surface area contributed by atoms with Gasteiger partial charge in [-0.1, -0.05) is 6.07 Å². The Balaban J connectivity index is 1.46. The lowest BCUT2D eigenvalue weighted by molar-refractivity contribution is -0.0418. The van der Waals surface area contributed by atoms with E-state index in [2.05, 4.69) is 0 Å². The molecule has 1 saturated carbocycles. The maximum absolute atomic E-state index is 13.4. The van der Waals surface area contributed by atoms with Crippen molar-refractivity contribution in [2.75, 3.05) is 7.05 Å². The highest BCUT2D eigenvalue weighted by Gasteiger charge is 2.38. The van der Waals surface area contributed by atoms with Crippen molar-refractivity contribution in [1.29, 1.82) is 0 Å². The number of rotatable bonds is 5. The summed E-state index contributed by atoms with van der Waals surface area (Å²) in [6.45, 7) is 0. The van der Waals surface area contributed by atoms with Crippen LogP contribution in [0.15, 0.2) is 65.1 Å². The third kappa shape index (κ3) is 4.61. The predicted octanol–water partition coefficient (Wildman–Crippen LogP) is 4.66. The Morgan fingerprint density at radius 3 is 2.58 bits per heavy atom. The van der Waals surface area contributed by atoms with Gasteiger partial charge in [-0.3, -0.25) is 4.79 Å². The SMILES string of the molecule is CN(C(=O)c1ccc(-c2ccc(F)cc2)o1)[C@@H]1CCC[C@@H](Oc2cccc(F)c2)[C@@H]1O. The van der Waals surface area contributed by atoms with Crippen LogP contribution in [0.5, 0.6) is 5.75 Å². The standard InChI is InChI=1S/C24H23F2NO4/c1-27(24(29)22-13-12-20(31-22)15-8-10-16(25)11-9-15)19-6-3-7-21(23(19)28)30-18-5-2-4-17(26)14-18/h2,4-5,8-14,19,21,23,28H,3,6-7H2,1H3/t19-,21-,23-/m1/s1. The second-order valence-electron chi connectivity index (χ2n) is 7.69. The Morgan fingerprint density at radius 2 is 1.84 bits per heavy atom. The molecule has 162 valence electrons. The van der Waals surface area contributed by atoms with E-state index in [1.54, 1.807) is 43.4 Å². The number of halogens is 2. The van der Waals surface area contributed by atoms with Crippen molar-refractivity contribution in [1.82, 2.24) is 4.90 Å². The maximum atomic E-state index is 13.4. The number of carbonyl (C=O) groups excluding carboxylic acids is 1. The molecule has 0 radical (unpaired) electrons. The van der Waals surface area contributed by atoms with Gasteiger partial charge in [-0.25, -0.2) is 8.78 Å². The number of carbonyl (C=O) groups is 1. The maximum Gasteiger partial charge on any atom is 0.289 e. The molecule has 7 heteroatoms. The Bertz CT molecular complexity index is 1050. The van der Waals surface area contributed by atoms with E-state index in [-0.39, 0.29) is 17.5 Å². The summed E-state index contributed by atoms with van der Waals surface area (Å²) in [5.41, 5.74) is 0.657. The molecule has 1 amide bonds. The van der Waals surface area contributed by atoms with E-state index in [4.69, 9.17) is 9.15 Å². The first-order valence-electron chi connectivity index (χ1n) is 10.2. The summed E-state index contributed by atoms with van der Waals surface area (Å²) in [4.78, 5) is 14.4. The first-order chi connectivity index (χ1) is 14.9. The largest absolute Gasteiger partial charge is 0.488 e. The van der Waals surface area contributed by atoms with Crippen LogP contribution in [-0.4, -0.2) is 41.2 Å². The van der Waals surface area contributed by atoms with E-state index >= 15 is 0 Å². The summed E-state index contributed by atoms with van der Waals surface area (Å²) < 4.78 is 38.1. The summed E-state index contributed by atoms with van der Waals surface area (Å²) in [6, 6.07) is 14.3. The summed E-state index contributed by atoms with van der Waals surface area (Å²) in [7, 11) is 1.61. The van der Waals surface area contributed by atoms with E-state index in [0.29, 0.717) is 29.9 Å². The van der Waals surface area contributed by atoms with Gasteiger partial charge in [-0.05, 0) is 67.8 Å². The molecule has 0 unspecified atom stereocenters. The van der Waals surface area contributed by atoms with Crippen LogP contribution < -0.4 is 4.74 Å². The van der Waals surface area contributed by atoms with Crippen molar-refractivity contribution >= 4 is 5.91 Å². The third-order valence-corrected chi connectivity index (χ3v) is 5.61. The smallest absolute Gasteiger partial charge is 0.289 e. The summed E-state index contributed by atoms with van der Waals surface area (Å²) >= 11 is 0. The molecule has 1 aliphatic carbocycles. The van der Waals surface area contributed by atoms with Crippen LogP contribution in [-0.2, 0) is 0 Å². The molecule has 3 atom stereocenters. The molecule has 0 bridgehead atoms. The average molecular weight is 427 g/mol. The van der Waals surface area contributed by atoms with Crippen LogP contribution in [0.4, 0.5) is 8.78 Å². The van der Waals surface area contributed by atoms with Crippen molar-refractivity contribution in [2.24, 2.45) is 0 Å². The quantitative estimate of drug-likeness (QED) is 0.644. The van der Waals surface area contributed by atoms with Crippen LogP contribution in [0.3, 0.4) is 0 Å². The van der Waals surface area contributed by atoms with Gasteiger partial charge in [0.25, 0.3) is 5.91 Å². The van der Waals surface area contributed by atoms with Gasteiger partial charge in [-0.2, -0.15) is 0 Å². The number of aliphatic hydroxyl groups excluding tert-OH is 1. The normalized spacial score (nSPS) is 21.0. The van der Waals surface area contributed by atoms with E-state index < -0.39 is 24.1 Å². The molecule has 4 rings (SSSR count). The highest BCUT2D eigenvalue weighted by atomic mass is 19.1. The highest BCUT2D eigenvalue weighted by molar-refractivity contribution is 5.92. The van der Waals surface area contributed by atoms with Crippen molar-refractivity contribution < 1.29 is 27.8 Å². The Hall–Kier alpha value is -3.19. The number of aliphatic hydroxyl groups is 1. The Labute approximate surface area is 178 Å². The van der Waals surface area contributed by atoms with Crippen LogP contribution in [0.2, 0.25) is 0 Å². The van der Waals surface area contributed by atoms with E-state index in [9.17, 15) is 18.7 Å². The zero-order valence-electron chi connectivity index (χ0n) is 17.0. The predicted molar refractivity (Wildman–Crippen MR) is 111 cm³/mol. The second kappa shape index (κ2) is 8.89. The molecule has 31 heavy (non-hydrogen) atoms. The molecule has 1 aliphatic rings. The number of hydrogen-bond donors (Lipinski definition) is 1. The minimum atomic E-state index is -0.933. The summed E-state index contributed by atoms with van der Waals surface area (Å²) in [5.74, 6) is -0.220. The molecular formula is C24H23F2NO4. The van der Waals surface area contributed by atoms with Crippen LogP contribution in [0.1, 0.15) is 29.8 Å². The monoisotopic (exact) mass is 427 g/mol. The fourth-order valence-corrected chi connectivity index (χ4v) is 3.93. The fraction of sp³-hybridized carbons (Fsp3) is 0.292. The number of amides is 1. The number of nitrogens with zero attached hydrogens (tertiary/aromatic N) is 1. The number of ether oxygens (including phenoxy) is 1. The highest BCUT2D eigenvalue weighted by Crippen LogP contribution is 2.29. The first-order valence-corrected chi connectivity index (χ1v) is 10.2. The van der Waals surface area contributed by atoms with Gasteiger partial charge >= 0.3 is 0 Å². The molecule has 1 heterocycles. The van der Waals surface area contributed by atoms with E-state index in [1.165, 1.54) is 29.2 Å². The lowest BCUT2D eigenvalue weighted by Gasteiger charge is -2.39. The molecule has 3 aromatic rings. The van der Waals surface area contributed by atoms with Gasteiger partial charge in [0.1, 0.15) is 35.4 Å². The van der Waals surface area contributed by atoms with Gasteiger partial charge < -0.3 is 19.2 Å². The zero-order valence-corrected chi connectivity index (χ0v) is 17.0. The van der Waals surface area contributed by atoms with Crippen molar-refractivity contribution in [2.45, 2.75) is 37.5 Å². The van der Waals surface area contributed by atoms with Crippen molar-refractivity contribution in [3.63, 3.8) is 0 Å². The topological polar surface area (TPSA) is 62.9 Å². The molecule has 1 fully saturated rings. The number of benzene rings is 2. The van der Waals surface area contributed by atoms with Gasteiger partial charge in [0.15, 0.2) is 5.76 Å². The van der Waals surface area contributed by atoms with Crippen molar-refractivity contribution in [3.8, 4) is 17.1 Å². The average Bonchev–Trinajstić information content (AvgIpc) is 3.25. The molecule has 0 saturated heterocycles. The van der Waals surface area contributed by atoms with Gasteiger partial charge in [0, 0.05) is 18.7 Å². The summed E-state index contributed by atoms with van der Waals surface area (Å²) in [6.07, 6.45) is 0.474. The van der Waals surface area contributed by atoms with Gasteiger partial charge in [0.05, 0.1) is 6.04 Å². The molecule has 2 aromatic carbocycles. The lowest BCUT2D eigenvalue weighted by atomic mass is 9.88. The molecule has 5 nitrogen and oxygen atoms in total. The lowest BCUT2D eigenvalue weighted by Crippen LogP contribution is -2.53. The molecule has 1 aromatic heterocycles. The molecule has 0 spiro atoms. The Morgan fingerprint density at radius 1 is 1.06 bits per heavy atom. The third-order valence-electron chi connectivity index (χ3n) is 5.61. The van der Waals surface area contributed by atoms with Crippen LogP contribution >= 0.6 is 0 Å². The van der Waals surface area contributed by atoms with Crippen molar-refractivity contribution in [3.05, 3.63) is 78.1 Å². The first kappa shape index (κ1) is 21.1. The van der Waals surface area contributed by atoms with Crippen LogP contribution in [0.25, 0.3) is 11.3 Å².